The molecule has 31 heavy (non-hydrogen) atoms. The lowest BCUT2D eigenvalue weighted by Gasteiger charge is -2.53. The van der Waals surface area contributed by atoms with Crippen LogP contribution in [0.3, 0.4) is 0 Å². The van der Waals surface area contributed by atoms with Gasteiger partial charge in [0.2, 0.25) is 11.7 Å². The third kappa shape index (κ3) is 3.50. The van der Waals surface area contributed by atoms with Gasteiger partial charge in [-0.05, 0) is 13.3 Å². The smallest absolute Gasteiger partial charge is 0.257 e. The summed E-state index contributed by atoms with van der Waals surface area (Å²) in [6, 6.07) is 9.68. The number of anilines is 2. The summed E-state index contributed by atoms with van der Waals surface area (Å²) in [4.78, 5) is 19.0. The number of fused-ring (bicyclic) bond motifs is 2. The Morgan fingerprint density at radius 2 is 1.90 bits per heavy atom. The molecule has 0 saturated carbocycles. The van der Waals surface area contributed by atoms with Crippen LogP contribution in [0.4, 0.5) is 11.8 Å². The third-order valence-corrected chi connectivity index (χ3v) is 6.19. The van der Waals surface area contributed by atoms with Crippen LogP contribution < -0.4 is 17.0 Å². The van der Waals surface area contributed by atoms with Gasteiger partial charge >= 0.3 is 0 Å². The average Bonchev–Trinajstić information content (AvgIpc) is 3.23. The molecule has 10 heteroatoms. The van der Waals surface area contributed by atoms with Crippen molar-refractivity contribution in [3.05, 3.63) is 51.8 Å². The highest BCUT2D eigenvalue weighted by Gasteiger charge is 2.62. The maximum atomic E-state index is 12.5. The molecule has 1 unspecified atom stereocenters. The van der Waals surface area contributed by atoms with E-state index in [1.165, 1.54) is 0 Å². The molecule has 5 N–H and O–H groups in total. The highest BCUT2D eigenvalue weighted by Crippen LogP contribution is 2.47. The van der Waals surface area contributed by atoms with Crippen LogP contribution in [0.1, 0.15) is 24.3 Å². The molecule has 4 heterocycles. The molecular formula is C21H26N4O6. The van der Waals surface area contributed by atoms with Gasteiger partial charge in [0.15, 0.2) is 6.29 Å². The number of nitrogens with zero attached hydrogens (tertiary/aromatic N) is 1. The Labute approximate surface area is 178 Å². The van der Waals surface area contributed by atoms with E-state index in [1.54, 1.807) is 0 Å². The lowest BCUT2D eigenvalue weighted by Crippen LogP contribution is -2.67. The number of ether oxygens (including phenoxy) is 5. The van der Waals surface area contributed by atoms with E-state index in [9.17, 15) is 4.79 Å². The number of nitrogens with one attached hydrogen (secondary N) is 1. The molecule has 2 aromatic rings. The van der Waals surface area contributed by atoms with Crippen LogP contribution >= 0.6 is 0 Å². The lowest BCUT2D eigenvalue weighted by molar-refractivity contribution is -0.391. The standard InChI is InChI=1S/C21H26N4O6/c1-11-14(9-13-17(22)24-20(23)25-18(13)26)21(28-7-8-29-21)16-15(30-11)10-27-19(31-16)12-5-3-2-4-6-12/h2-6,11,14-16,19H,7-10H2,1H3,(H5,22,23,24,25,26)/t11-,14+,15+,16-,19?/m0/s1. The number of nitrogens with two attached hydrogens (primary N) is 2. The third-order valence-electron chi connectivity index (χ3n) is 6.19. The second-order valence-electron chi connectivity index (χ2n) is 8.06. The summed E-state index contributed by atoms with van der Waals surface area (Å²) in [5.74, 6) is -1.40. The number of aromatic nitrogens is 2. The first kappa shape index (κ1) is 20.4. The van der Waals surface area contributed by atoms with Crippen LogP contribution in [0, 0.1) is 5.92 Å². The fourth-order valence-corrected chi connectivity index (χ4v) is 4.77. The number of nitrogen functional groups attached to an aromatic ring is 2. The summed E-state index contributed by atoms with van der Waals surface area (Å²) >= 11 is 0. The van der Waals surface area contributed by atoms with Crippen molar-refractivity contribution in [3.63, 3.8) is 0 Å². The van der Waals surface area contributed by atoms with Crippen molar-refractivity contribution in [3.8, 4) is 0 Å². The molecule has 3 fully saturated rings. The molecule has 1 aromatic carbocycles. The van der Waals surface area contributed by atoms with E-state index in [-0.39, 0.29) is 41.9 Å². The molecule has 3 aliphatic rings. The molecule has 0 aliphatic carbocycles. The number of hydrogen-bond acceptors (Lipinski definition) is 9. The van der Waals surface area contributed by atoms with Crippen LogP contribution in [0.5, 0.6) is 0 Å². The Morgan fingerprint density at radius 1 is 1.16 bits per heavy atom. The Morgan fingerprint density at radius 3 is 2.61 bits per heavy atom. The van der Waals surface area contributed by atoms with Gasteiger partial charge in [0.05, 0.1) is 31.5 Å². The predicted molar refractivity (Wildman–Crippen MR) is 110 cm³/mol. The van der Waals surface area contributed by atoms with E-state index in [0.29, 0.717) is 25.4 Å². The van der Waals surface area contributed by atoms with Gasteiger partial charge in [0, 0.05) is 11.5 Å². The topological polar surface area (TPSA) is 144 Å². The highest BCUT2D eigenvalue weighted by atomic mass is 16.8. The van der Waals surface area contributed by atoms with Crippen molar-refractivity contribution in [2.75, 3.05) is 31.3 Å². The van der Waals surface area contributed by atoms with Gasteiger partial charge in [-0.3, -0.25) is 9.78 Å². The second-order valence-corrected chi connectivity index (χ2v) is 8.06. The predicted octanol–water partition coefficient (Wildman–Crippen LogP) is 0.738. The molecule has 0 amide bonds. The van der Waals surface area contributed by atoms with Crippen LogP contribution in [0.15, 0.2) is 35.1 Å². The molecule has 1 aromatic heterocycles. The van der Waals surface area contributed by atoms with E-state index in [4.69, 9.17) is 35.2 Å². The first-order chi connectivity index (χ1) is 15.0. The molecule has 5 rings (SSSR count). The fourth-order valence-electron chi connectivity index (χ4n) is 4.77. The zero-order valence-electron chi connectivity index (χ0n) is 17.2. The number of hydrogen-bond donors (Lipinski definition) is 3. The van der Waals surface area contributed by atoms with Crippen molar-refractivity contribution < 1.29 is 23.7 Å². The van der Waals surface area contributed by atoms with Crippen LogP contribution in [0.2, 0.25) is 0 Å². The summed E-state index contributed by atoms with van der Waals surface area (Å²) in [7, 11) is 0. The maximum absolute atomic E-state index is 12.5. The molecule has 0 bridgehead atoms. The van der Waals surface area contributed by atoms with Gasteiger partial charge in [-0.25, -0.2) is 0 Å². The van der Waals surface area contributed by atoms with Crippen molar-refractivity contribution >= 4 is 11.8 Å². The van der Waals surface area contributed by atoms with E-state index < -0.39 is 18.2 Å². The summed E-state index contributed by atoms with van der Waals surface area (Å²) in [5, 5.41) is 0. The lowest BCUT2D eigenvalue weighted by atomic mass is 9.79. The molecule has 0 radical (unpaired) electrons. The van der Waals surface area contributed by atoms with Crippen LogP contribution in [-0.4, -0.2) is 53.9 Å². The largest absolute Gasteiger partial charge is 0.383 e. The van der Waals surface area contributed by atoms with Gasteiger partial charge in [0.1, 0.15) is 18.0 Å². The van der Waals surface area contributed by atoms with Crippen molar-refractivity contribution in [1.82, 2.24) is 9.97 Å². The van der Waals surface area contributed by atoms with Crippen LogP contribution in [-0.2, 0) is 30.1 Å². The van der Waals surface area contributed by atoms with Crippen molar-refractivity contribution in [2.24, 2.45) is 5.92 Å². The quantitative estimate of drug-likeness (QED) is 0.642. The van der Waals surface area contributed by atoms with E-state index in [0.717, 1.165) is 5.56 Å². The van der Waals surface area contributed by atoms with Crippen molar-refractivity contribution in [2.45, 2.75) is 43.7 Å². The fraction of sp³-hybridized carbons (Fsp3) is 0.524. The van der Waals surface area contributed by atoms with Gasteiger partial charge < -0.3 is 35.2 Å². The van der Waals surface area contributed by atoms with Gasteiger partial charge in [-0.15, -0.1) is 0 Å². The zero-order valence-corrected chi connectivity index (χ0v) is 17.2. The van der Waals surface area contributed by atoms with E-state index in [1.807, 2.05) is 37.3 Å². The normalized spacial score (nSPS) is 32.1. The minimum absolute atomic E-state index is 0.0270. The minimum atomic E-state index is -1.10. The highest BCUT2D eigenvalue weighted by molar-refractivity contribution is 5.42. The van der Waals surface area contributed by atoms with Gasteiger partial charge in [-0.1, -0.05) is 30.3 Å². The van der Waals surface area contributed by atoms with E-state index >= 15 is 0 Å². The number of benzene rings is 1. The zero-order chi connectivity index (χ0) is 21.6. The minimum Gasteiger partial charge on any atom is -0.383 e. The summed E-state index contributed by atoms with van der Waals surface area (Å²) < 4.78 is 31.0. The summed E-state index contributed by atoms with van der Waals surface area (Å²) in [6.07, 6.45) is -1.56. The molecular weight excluding hydrogens is 404 g/mol. The Hall–Kier alpha value is -2.50. The van der Waals surface area contributed by atoms with Crippen LogP contribution in [0.25, 0.3) is 0 Å². The Bertz CT molecular complexity index is 993. The molecule has 10 nitrogen and oxygen atoms in total. The Kier molecular flexibility index (Phi) is 5.19. The summed E-state index contributed by atoms with van der Waals surface area (Å²) in [6.45, 7) is 3.09. The molecule has 3 aliphatic heterocycles. The monoisotopic (exact) mass is 430 g/mol. The Balaban J connectivity index is 1.49. The van der Waals surface area contributed by atoms with Crippen molar-refractivity contribution in [1.29, 1.82) is 0 Å². The maximum Gasteiger partial charge on any atom is 0.257 e. The SMILES string of the molecule is C[C@@H]1O[C@@H]2COC(c3ccccc3)O[C@@H]2C2(OCCO2)[C@@H]1Cc1c(N)nc(N)[nH]c1=O. The number of aromatic amines is 1. The molecule has 1 spiro atoms. The summed E-state index contributed by atoms with van der Waals surface area (Å²) in [5.41, 5.74) is 12.5. The van der Waals surface area contributed by atoms with E-state index in [2.05, 4.69) is 9.97 Å². The second kappa shape index (κ2) is 7.88. The molecule has 3 saturated heterocycles. The van der Waals surface area contributed by atoms with Gasteiger partial charge in [0.25, 0.3) is 5.56 Å². The number of H-pyrrole nitrogens is 1. The first-order valence-electron chi connectivity index (χ1n) is 10.4. The average molecular weight is 430 g/mol. The first-order valence-corrected chi connectivity index (χ1v) is 10.4. The molecule has 5 atom stereocenters. The molecule has 166 valence electrons. The van der Waals surface area contributed by atoms with Gasteiger partial charge in [-0.2, -0.15) is 4.98 Å². The number of rotatable bonds is 3.